The fourth-order valence-electron chi connectivity index (χ4n) is 2.63. The van der Waals surface area contributed by atoms with Gasteiger partial charge in [-0.3, -0.25) is 9.59 Å². The lowest BCUT2D eigenvalue weighted by Gasteiger charge is -2.11. The Balaban J connectivity index is 2.27. The second-order valence-corrected chi connectivity index (χ2v) is 5.42. The molecule has 0 aliphatic rings. The number of rotatable bonds is 3. The maximum atomic E-state index is 12.8. The van der Waals surface area contributed by atoms with Gasteiger partial charge >= 0.3 is 5.97 Å². The molecule has 5 heteroatoms. The molecule has 24 heavy (non-hydrogen) atoms. The Morgan fingerprint density at radius 3 is 2.33 bits per heavy atom. The van der Waals surface area contributed by atoms with Gasteiger partial charge in [0.2, 0.25) is 0 Å². The third kappa shape index (κ3) is 2.60. The van der Waals surface area contributed by atoms with Crippen LogP contribution >= 0.6 is 0 Å². The average Bonchev–Trinajstić information content (AvgIpc) is 2.60. The van der Waals surface area contributed by atoms with Crippen LogP contribution in [0.5, 0.6) is 0 Å². The minimum absolute atomic E-state index is 0.335. The number of carboxylic acids is 1. The van der Waals surface area contributed by atoms with E-state index in [1.807, 2.05) is 19.1 Å². The standard InChI is InChI=1S/C19H15NO4/c1-2-12-7-9-13(10-8-12)17(21)20-16-6-4-3-5-14(16)11-15(18(20)22)19(23)24/h3-11H,2H2,1H3,(H,23,24). The maximum absolute atomic E-state index is 12.8. The number of aryl methyl sites for hydroxylation is 1. The Bertz CT molecular complexity index is 1000. The van der Waals surface area contributed by atoms with Crippen molar-refractivity contribution in [2.45, 2.75) is 13.3 Å². The van der Waals surface area contributed by atoms with Crippen LogP contribution in [-0.4, -0.2) is 21.6 Å². The van der Waals surface area contributed by atoms with Gasteiger partial charge in [0.15, 0.2) is 0 Å². The Kier molecular flexibility index (Phi) is 4.00. The molecule has 3 rings (SSSR count). The first-order valence-corrected chi connectivity index (χ1v) is 7.54. The van der Waals surface area contributed by atoms with E-state index in [-0.39, 0.29) is 0 Å². The van der Waals surface area contributed by atoms with Crippen molar-refractivity contribution < 1.29 is 14.7 Å². The van der Waals surface area contributed by atoms with Crippen molar-refractivity contribution in [3.05, 3.63) is 81.6 Å². The normalized spacial score (nSPS) is 10.7. The van der Waals surface area contributed by atoms with E-state index in [0.29, 0.717) is 16.5 Å². The van der Waals surface area contributed by atoms with E-state index < -0.39 is 23.0 Å². The summed E-state index contributed by atoms with van der Waals surface area (Å²) in [4.78, 5) is 36.7. The molecule has 0 bridgehead atoms. The number of benzene rings is 2. The molecule has 3 aromatic rings. The minimum atomic E-state index is -1.35. The third-order valence-corrected chi connectivity index (χ3v) is 3.95. The Morgan fingerprint density at radius 2 is 1.71 bits per heavy atom. The monoisotopic (exact) mass is 321 g/mol. The highest BCUT2D eigenvalue weighted by Gasteiger charge is 2.19. The number of carbonyl (C=O) groups is 2. The fraction of sp³-hybridized carbons (Fsp3) is 0.105. The van der Waals surface area contributed by atoms with E-state index >= 15 is 0 Å². The molecule has 0 atom stereocenters. The van der Waals surface area contributed by atoms with Crippen LogP contribution in [0, 0.1) is 0 Å². The van der Waals surface area contributed by atoms with Crippen LogP contribution in [0.15, 0.2) is 59.4 Å². The van der Waals surface area contributed by atoms with Crippen molar-refractivity contribution in [1.29, 1.82) is 0 Å². The average molecular weight is 321 g/mol. The van der Waals surface area contributed by atoms with Crippen molar-refractivity contribution >= 4 is 22.8 Å². The largest absolute Gasteiger partial charge is 0.477 e. The Morgan fingerprint density at radius 1 is 1.04 bits per heavy atom. The third-order valence-electron chi connectivity index (χ3n) is 3.95. The van der Waals surface area contributed by atoms with Crippen molar-refractivity contribution in [1.82, 2.24) is 4.57 Å². The number of hydrogen-bond acceptors (Lipinski definition) is 3. The van der Waals surface area contributed by atoms with Crippen LogP contribution in [0.2, 0.25) is 0 Å². The van der Waals surface area contributed by atoms with E-state index in [2.05, 4.69) is 0 Å². The van der Waals surface area contributed by atoms with Gasteiger partial charge in [-0.25, -0.2) is 9.36 Å². The molecule has 0 aliphatic heterocycles. The van der Waals surface area contributed by atoms with Gasteiger partial charge in [0, 0.05) is 5.56 Å². The summed E-state index contributed by atoms with van der Waals surface area (Å²) < 4.78 is 0.930. The van der Waals surface area contributed by atoms with Crippen molar-refractivity contribution in [3.63, 3.8) is 0 Å². The van der Waals surface area contributed by atoms with Crippen molar-refractivity contribution in [2.75, 3.05) is 0 Å². The van der Waals surface area contributed by atoms with Crippen LogP contribution < -0.4 is 5.56 Å². The molecule has 0 spiro atoms. The van der Waals surface area contributed by atoms with E-state index in [9.17, 15) is 19.5 Å². The molecular formula is C19H15NO4. The van der Waals surface area contributed by atoms with Crippen LogP contribution in [0.1, 0.15) is 33.2 Å². The first-order chi connectivity index (χ1) is 11.5. The smallest absolute Gasteiger partial charge is 0.341 e. The lowest BCUT2D eigenvalue weighted by Crippen LogP contribution is -2.31. The summed E-state index contributed by atoms with van der Waals surface area (Å²) in [6.45, 7) is 2.01. The van der Waals surface area contributed by atoms with Gasteiger partial charge in [-0.05, 0) is 41.6 Å². The second-order valence-electron chi connectivity index (χ2n) is 5.42. The summed E-state index contributed by atoms with van der Waals surface area (Å²) in [7, 11) is 0. The van der Waals surface area contributed by atoms with Crippen LogP contribution in [-0.2, 0) is 6.42 Å². The van der Waals surface area contributed by atoms with Crippen molar-refractivity contribution in [2.24, 2.45) is 0 Å². The maximum Gasteiger partial charge on any atom is 0.341 e. The number of hydrogen-bond donors (Lipinski definition) is 1. The highest BCUT2D eigenvalue weighted by atomic mass is 16.4. The Hall–Kier alpha value is -3.21. The van der Waals surface area contributed by atoms with E-state index in [1.165, 1.54) is 6.07 Å². The van der Waals surface area contributed by atoms with Gasteiger partial charge < -0.3 is 5.11 Å². The predicted octanol–water partition coefficient (Wildman–Crippen LogP) is 2.95. The molecule has 5 nitrogen and oxygen atoms in total. The summed E-state index contributed by atoms with van der Waals surface area (Å²) in [6, 6.07) is 15.0. The molecule has 1 heterocycles. The molecule has 1 aromatic heterocycles. The summed E-state index contributed by atoms with van der Waals surface area (Å²) in [5, 5.41) is 9.77. The lowest BCUT2D eigenvalue weighted by molar-refractivity contribution is 0.0695. The van der Waals surface area contributed by atoms with Crippen molar-refractivity contribution in [3.8, 4) is 0 Å². The zero-order valence-corrected chi connectivity index (χ0v) is 13.0. The summed E-state index contributed by atoms with van der Waals surface area (Å²) >= 11 is 0. The van der Waals surface area contributed by atoms with E-state index in [0.717, 1.165) is 16.6 Å². The second kappa shape index (κ2) is 6.12. The number of aromatic nitrogens is 1. The fourth-order valence-corrected chi connectivity index (χ4v) is 2.63. The number of aromatic carboxylic acids is 1. The minimum Gasteiger partial charge on any atom is -0.477 e. The SMILES string of the molecule is CCc1ccc(C(=O)n2c(=O)c(C(=O)O)cc3ccccc32)cc1. The molecule has 0 unspecified atom stereocenters. The summed E-state index contributed by atoms with van der Waals surface area (Å²) in [5.41, 5.74) is 0.542. The molecule has 0 fully saturated rings. The zero-order chi connectivity index (χ0) is 17.3. The van der Waals surface area contributed by atoms with Gasteiger partial charge in [0.25, 0.3) is 11.5 Å². The predicted molar refractivity (Wildman–Crippen MR) is 90.7 cm³/mol. The number of pyridine rings is 1. The highest BCUT2D eigenvalue weighted by Crippen LogP contribution is 2.16. The number of carboxylic acid groups (broad SMARTS) is 1. The van der Waals surface area contributed by atoms with Crippen LogP contribution in [0.25, 0.3) is 10.9 Å². The molecule has 1 N–H and O–H groups in total. The molecule has 0 saturated carbocycles. The molecule has 0 aliphatic carbocycles. The zero-order valence-electron chi connectivity index (χ0n) is 13.0. The molecule has 0 radical (unpaired) electrons. The van der Waals surface area contributed by atoms with Gasteiger partial charge in [-0.1, -0.05) is 37.3 Å². The van der Waals surface area contributed by atoms with E-state index in [4.69, 9.17) is 0 Å². The highest BCUT2D eigenvalue weighted by molar-refractivity contribution is 6.03. The number of carbonyl (C=O) groups excluding carboxylic acids is 1. The molecule has 120 valence electrons. The lowest BCUT2D eigenvalue weighted by atomic mass is 10.1. The van der Waals surface area contributed by atoms with Gasteiger partial charge in [-0.15, -0.1) is 0 Å². The molecule has 2 aromatic carbocycles. The first kappa shape index (κ1) is 15.7. The summed E-state index contributed by atoms with van der Waals surface area (Å²) in [6.07, 6.45) is 0.839. The first-order valence-electron chi connectivity index (χ1n) is 7.54. The summed E-state index contributed by atoms with van der Waals surface area (Å²) in [5.74, 6) is -1.89. The number of para-hydroxylation sites is 1. The Labute approximate surface area is 137 Å². The molecular weight excluding hydrogens is 306 g/mol. The van der Waals surface area contributed by atoms with Crippen LogP contribution in [0.4, 0.5) is 0 Å². The molecule has 0 saturated heterocycles. The van der Waals surface area contributed by atoms with Gasteiger partial charge in [0.1, 0.15) is 5.56 Å². The van der Waals surface area contributed by atoms with Crippen LogP contribution in [0.3, 0.4) is 0 Å². The number of nitrogens with zero attached hydrogens (tertiary/aromatic N) is 1. The van der Waals surface area contributed by atoms with Gasteiger partial charge in [0.05, 0.1) is 5.52 Å². The van der Waals surface area contributed by atoms with E-state index in [1.54, 1.807) is 36.4 Å². The molecule has 0 amide bonds. The number of fused-ring (bicyclic) bond motifs is 1. The topological polar surface area (TPSA) is 76.4 Å². The quantitative estimate of drug-likeness (QED) is 0.804. The van der Waals surface area contributed by atoms with Gasteiger partial charge in [-0.2, -0.15) is 0 Å².